The molecule has 3 heteroatoms. The van der Waals surface area contributed by atoms with Crippen LogP contribution in [0.2, 0.25) is 0 Å². The van der Waals surface area contributed by atoms with E-state index in [-0.39, 0.29) is 5.13 Å². The summed E-state index contributed by atoms with van der Waals surface area (Å²) in [5.41, 5.74) is 6.50. The standard InChI is InChI=1S/C24H15FS2/c25-22-13-19-21(27-22)11-9-17-23-16(24(17)19)8-10-20-18(23)12-15(26-20)7-6-14-4-2-1-3-5-14/h1-5,8-13H,6-7H2. The van der Waals surface area contributed by atoms with Crippen LogP contribution in [0, 0.1) is 5.13 Å². The molecule has 2 heterocycles. The smallest absolute Gasteiger partial charge is 0.177 e. The van der Waals surface area contributed by atoms with Crippen LogP contribution in [-0.2, 0) is 12.8 Å². The van der Waals surface area contributed by atoms with E-state index < -0.39 is 0 Å². The molecular weight excluding hydrogens is 371 g/mol. The van der Waals surface area contributed by atoms with Gasteiger partial charge < -0.3 is 0 Å². The molecule has 0 aliphatic heterocycles. The van der Waals surface area contributed by atoms with Gasteiger partial charge >= 0.3 is 0 Å². The predicted octanol–water partition coefficient (Wildman–Crippen LogP) is 7.69. The molecule has 0 spiro atoms. The Morgan fingerprint density at radius 2 is 1.33 bits per heavy atom. The van der Waals surface area contributed by atoms with Crippen molar-refractivity contribution in [1.29, 1.82) is 0 Å². The first kappa shape index (κ1) is 15.6. The SMILES string of the molecule is Fc1cc2c3c(ccc2s1)-c1c-3ccc2sc(CCc3ccccc3)cc12. The van der Waals surface area contributed by atoms with Crippen LogP contribution in [0.1, 0.15) is 10.4 Å². The maximum atomic E-state index is 13.7. The topological polar surface area (TPSA) is 0 Å². The summed E-state index contributed by atoms with van der Waals surface area (Å²) in [5.74, 6) is 0. The Balaban J connectivity index is 1.41. The van der Waals surface area contributed by atoms with Crippen molar-refractivity contribution in [2.75, 3.05) is 0 Å². The van der Waals surface area contributed by atoms with Gasteiger partial charge in [-0.1, -0.05) is 42.5 Å². The van der Waals surface area contributed by atoms with Crippen molar-refractivity contribution >= 4 is 42.8 Å². The third-order valence-electron chi connectivity index (χ3n) is 5.46. The number of hydrogen-bond donors (Lipinski definition) is 0. The number of hydrogen-bond acceptors (Lipinski definition) is 2. The van der Waals surface area contributed by atoms with Crippen molar-refractivity contribution in [3.8, 4) is 22.3 Å². The maximum absolute atomic E-state index is 13.7. The molecule has 130 valence electrons. The number of rotatable bonds is 3. The van der Waals surface area contributed by atoms with Gasteiger partial charge in [0.15, 0.2) is 5.13 Å². The van der Waals surface area contributed by atoms with Gasteiger partial charge in [0.2, 0.25) is 0 Å². The summed E-state index contributed by atoms with van der Waals surface area (Å²) in [6.45, 7) is 0. The average Bonchev–Trinajstić information content (AvgIpc) is 3.24. The Hall–Kier alpha value is -2.49. The molecule has 3 aromatic carbocycles. The molecule has 0 nitrogen and oxygen atoms in total. The lowest BCUT2D eigenvalue weighted by atomic mass is 9.77. The molecular formula is C24H15FS2. The zero-order chi connectivity index (χ0) is 18.0. The van der Waals surface area contributed by atoms with Gasteiger partial charge in [0.25, 0.3) is 0 Å². The third-order valence-corrected chi connectivity index (χ3v) is 7.51. The second-order valence-electron chi connectivity index (χ2n) is 7.05. The maximum Gasteiger partial charge on any atom is 0.177 e. The van der Waals surface area contributed by atoms with Crippen molar-refractivity contribution < 1.29 is 4.39 Å². The van der Waals surface area contributed by atoms with Gasteiger partial charge in [-0.25, -0.2) is 0 Å². The van der Waals surface area contributed by atoms with Crippen LogP contribution in [0.25, 0.3) is 42.4 Å². The first-order chi connectivity index (χ1) is 13.3. The van der Waals surface area contributed by atoms with E-state index >= 15 is 0 Å². The van der Waals surface area contributed by atoms with E-state index in [1.807, 2.05) is 11.3 Å². The molecule has 0 unspecified atom stereocenters. The highest BCUT2D eigenvalue weighted by Gasteiger charge is 2.28. The van der Waals surface area contributed by atoms with Crippen LogP contribution in [0.4, 0.5) is 4.39 Å². The fraction of sp³-hybridized carbons (Fsp3) is 0.0833. The predicted molar refractivity (Wildman–Crippen MR) is 115 cm³/mol. The van der Waals surface area contributed by atoms with Gasteiger partial charge in [-0.3, -0.25) is 0 Å². The zero-order valence-corrected chi connectivity index (χ0v) is 16.1. The van der Waals surface area contributed by atoms with E-state index in [1.165, 1.54) is 54.1 Å². The first-order valence-electron chi connectivity index (χ1n) is 9.10. The van der Waals surface area contributed by atoms with Gasteiger partial charge in [-0.15, -0.1) is 22.7 Å². The largest absolute Gasteiger partial charge is 0.195 e. The van der Waals surface area contributed by atoms with Crippen LogP contribution in [0.3, 0.4) is 0 Å². The van der Waals surface area contributed by atoms with Crippen molar-refractivity contribution in [1.82, 2.24) is 0 Å². The van der Waals surface area contributed by atoms with Crippen molar-refractivity contribution in [2.24, 2.45) is 0 Å². The molecule has 0 radical (unpaired) electrons. The Morgan fingerprint density at radius 3 is 2.07 bits per heavy atom. The molecule has 0 bridgehead atoms. The molecule has 5 aromatic rings. The van der Waals surface area contributed by atoms with Gasteiger partial charge in [0, 0.05) is 25.0 Å². The van der Waals surface area contributed by atoms with Gasteiger partial charge in [0.05, 0.1) is 0 Å². The second kappa shape index (κ2) is 5.75. The van der Waals surface area contributed by atoms with Crippen LogP contribution in [0.5, 0.6) is 0 Å². The van der Waals surface area contributed by atoms with Crippen molar-refractivity contribution in [2.45, 2.75) is 12.8 Å². The average molecular weight is 387 g/mol. The van der Waals surface area contributed by atoms with Gasteiger partial charge in [-0.05, 0) is 64.9 Å². The molecule has 27 heavy (non-hydrogen) atoms. The Bertz CT molecular complexity index is 1330. The van der Waals surface area contributed by atoms with Crippen LogP contribution >= 0.6 is 22.7 Å². The molecule has 0 amide bonds. The number of fused-ring (bicyclic) bond motifs is 8. The van der Waals surface area contributed by atoms with Crippen molar-refractivity contribution in [3.05, 3.63) is 82.3 Å². The minimum Gasteiger partial charge on any atom is -0.195 e. The monoisotopic (exact) mass is 386 g/mol. The lowest BCUT2D eigenvalue weighted by Crippen LogP contribution is -1.99. The van der Waals surface area contributed by atoms with E-state index in [0.717, 1.165) is 22.9 Å². The van der Waals surface area contributed by atoms with E-state index in [9.17, 15) is 4.39 Å². The lowest BCUT2D eigenvalue weighted by Gasteiger charge is -2.25. The number of benzene rings is 3. The summed E-state index contributed by atoms with van der Waals surface area (Å²) in [6.07, 6.45) is 2.14. The molecule has 0 saturated heterocycles. The van der Waals surface area contributed by atoms with E-state index in [1.54, 1.807) is 6.07 Å². The molecule has 1 aliphatic carbocycles. The summed E-state index contributed by atoms with van der Waals surface area (Å²) in [7, 11) is 0. The highest BCUT2D eigenvalue weighted by Crippen LogP contribution is 2.55. The number of thiophene rings is 2. The molecule has 2 aromatic heterocycles. The quantitative estimate of drug-likeness (QED) is 0.292. The van der Waals surface area contributed by atoms with Gasteiger partial charge in [0.1, 0.15) is 0 Å². The summed E-state index contributed by atoms with van der Waals surface area (Å²) < 4.78 is 16.1. The summed E-state index contributed by atoms with van der Waals surface area (Å²) in [4.78, 5) is 1.43. The van der Waals surface area contributed by atoms with Gasteiger partial charge in [-0.2, -0.15) is 4.39 Å². The molecule has 0 N–H and O–H groups in total. The van der Waals surface area contributed by atoms with Crippen LogP contribution < -0.4 is 0 Å². The van der Waals surface area contributed by atoms with Crippen molar-refractivity contribution in [3.63, 3.8) is 0 Å². The number of aryl methyl sites for hydroxylation is 2. The minimum absolute atomic E-state index is 0.105. The molecule has 1 aliphatic rings. The highest BCUT2D eigenvalue weighted by atomic mass is 32.1. The fourth-order valence-corrected chi connectivity index (χ4v) is 6.08. The Morgan fingerprint density at radius 1 is 0.667 bits per heavy atom. The Labute approximate surface area is 164 Å². The lowest BCUT2D eigenvalue weighted by molar-refractivity contribution is 0.658. The molecule has 0 saturated carbocycles. The normalized spacial score (nSPS) is 12.2. The third kappa shape index (κ3) is 2.32. The summed E-state index contributed by atoms with van der Waals surface area (Å²) >= 11 is 3.13. The molecule has 0 atom stereocenters. The Kier molecular flexibility index (Phi) is 3.31. The van der Waals surface area contributed by atoms with Crippen LogP contribution in [0.15, 0.2) is 66.7 Å². The highest BCUT2D eigenvalue weighted by molar-refractivity contribution is 7.19. The zero-order valence-electron chi connectivity index (χ0n) is 14.5. The first-order valence-corrected chi connectivity index (χ1v) is 10.7. The van der Waals surface area contributed by atoms with E-state index in [4.69, 9.17) is 0 Å². The second-order valence-corrected chi connectivity index (χ2v) is 9.25. The summed E-state index contributed by atoms with van der Waals surface area (Å²) in [5, 5.41) is 2.30. The van der Waals surface area contributed by atoms with E-state index in [2.05, 4.69) is 60.7 Å². The minimum atomic E-state index is -0.105. The molecule has 0 fully saturated rings. The number of halogens is 1. The summed E-state index contributed by atoms with van der Waals surface area (Å²) in [6, 6.07) is 23.4. The van der Waals surface area contributed by atoms with E-state index in [0.29, 0.717) is 0 Å². The fourth-order valence-electron chi connectivity index (χ4n) is 4.22. The molecule has 6 rings (SSSR count). The van der Waals surface area contributed by atoms with Crippen LogP contribution in [-0.4, -0.2) is 0 Å².